The van der Waals surface area contributed by atoms with Crippen LogP contribution in [0.2, 0.25) is 0 Å². The summed E-state index contributed by atoms with van der Waals surface area (Å²) < 4.78 is 0. The number of carbonyl (C=O) groups excluding carboxylic acids is 2. The number of likely N-dealkylation sites (N-methyl/N-ethyl adjacent to an activating group) is 1. The monoisotopic (exact) mass is 246 g/mol. The number of hydrogen-bond donors (Lipinski definition) is 1. The van der Waals surface area contributed by atoms with Crippen LogP contribution in [0, 0.1) is 0 Å². The molecule has 0 unspecified atom stereocenters. The van der Waals surface area contributed by atoms with Crippen molar-refractivity contribution in [3.8, 4) is 0 Å². The maximum Gasteiger partial charge on any atom is 0.228 e. The molecule has 1 heterocycles. The van der Waals surface area contributed by atoms with Crippen LogP contribution in [0.1, 0.15) is 18.1 Å². The molecule has 0 fully saturated rings. The van der Waals surface area contributed by atoms with E-state index in [1.54, 1.807) is 6.92 Å². The van der Waals surface area contributed by atoms with Crippen LogP contribution in [0.5, 0.6) is 0 Å². The molecule has 1 aliphatic rings. The van der Waals surface area contributed by atoms with Gasteiger partial charge in [0.1, 0.15) is 5.78 Å². The van der Waals surface area contributed by atoms with Crippen LogP contribution in [-0.4, -0.2) is 36.7 Å². The topological polar surface area (TPSA) is 49.4 Å². The molecule has 4 nitrogen and oxygen atoms in total. The summed E-state index contributed by atoms with van der Waals surface area (Å²) >= 11 is 0. The van der Waals surface area contributed by atoms with Gasteiger partial charge >= 0.3 is 0 Å². The Bertz CT molecular complexity index is 483. The SMILES string of the molecule is CC(=O)CN(C)CCc1ccc2c(c1)CC(=O)N2. The van der Waals surface area contributed by atoms with Crippen LogP contribution in [-0.2, 0) is 22.4 Å². The summed E-state index contributed by atoms with van der Waals surface area (Å²) in [4.78, 5) is 24.2. The molecule has 0 saturated carbocycles. The van der Waals surface area contributed by atoms with Crippen LogP contribution < -0.4 is 5.32 Å². The van der Waals surface area contributed by atoms with Gasteiger partial charge in [-0.05, 0) is 37.6 Å². The highest BCUT2D eigenvalue weighted by molar-refractivity contribution is 5.99. The van der Waals surface area contributed by atoms with Crippen molar-refractivity contribution in [3.63, 3.8) is 0 Å². The first kappa shape index (κ1) is 12.8. The van der Waals surface area contributed by atoms with E-state index in [0.717, 1.165) is 24.2 Å². The Labute approximate surface area is 107 Å². The van der Waals surface area contributed by atoms with Gasteiger partial charge in [0.25, 0.3) is 0 Å². The summed E-state index contributed by atoms with van der Waals surface area (Å²) in [6.45, 7) is 2.94. The van der Waals surface area contributed by atoms with Crippen molar-refractivity contribution < 1.29 is 9.59 Å². The number of Topliss-reactive ketones (excluding diaryl/α,β-unsaturated/α-hetero) is 1. The van der Waals surface area contributed by atoms with E-state index >= 15 is 0 Å². The predicted octanol–water partition coefficient (Wildman–Crippen LogP) is 1.24. The minimum atomic E-state index is 0.0656. The first-order valence-electron chi connectivity index (χ1n) is 6.14. The molecular weight excluding hydrogens is 228 g/mol. The van der Waals surface area contributed by atoms with Gasteiger partial charge in [-0.1, -0.05) is 12.1 Å². The molecule has 4 heteroatoms. The van der Waals surface area contributed by atoms with E-state index in [1.807, 2.05) is 24.1 Å². The second kappa shape index (κ2) is 5.31. The number of anilines is 1. The van der Waals surface area contributed by atoms with Crippen molar-refractivity contribution in [2.75, 3.05) is 25.5 Å². The predicted molar refractivity (Wildman–Crippen MR) is 70.7 cm³/mol. The van der Waals surface area contributed by atoms with Crippen molar-refractivity contribution >= 4 is 17.4 Å². The number of benzene rings is 1. The molecule has 0 saturated heterocycles. The van der Waals surface area contributed by atoms with Crippen LogP contribution in [0.3, 0.4) is 0 Å². The summed E-state index contributed by atoms with van der Waals surface area (Å²) in [5.41, 5.74) is 3.22. The lowest BCUT2D eigenvalue weighted by atomic mass is 10.1. The maximum absolute atomic E-state index is 11.2. The van der Waals surface area contributed by atoms with E-state index in [-0.39, 0.29) is 11.7 Å². The fraction of sp³-hybridized carbons (Fsp3) is 0.429. The van der Waals surface area contributed by atoms with Gasteiger partial charge in [-0.25, -0.2) is 0 Å². The Morgan fingerprint density at radius 2 is 2.22 bits per heavy atom. The van der Waals surface area contributed by atoms with Gasteiger partial charge in [0.15, 0.2) is 0 Å². The van der Waals surface area contributed by atoms with Crippen molar-refractivity contribution in [1.82, 2.24) is 4.90 Å². The number of fused-ring (bicyclic) bond motifs is 1. The second-order valence-electron chi connectivity index (χ2n) is 4.91. The molecule has 1 aromatic rings. The van der Waals surface area contributed by atoms with Crippen molar-refractivity contribution in [2.24, 2.45) is 0 Å². The third-order valence-electron chi connectivity index (χ3n) is 3.07. The van der Waals surface area contributed by atoms with Crippen LogP contribution in [0.25, 0.3) is 0 Å². The normalized spacial score (nSPS) is 13.6. The van der Waals surface area contributed by atoms with Gasteiger partial charge in [0, 0.05) is 12.2 Å². The largest absolute Gasteiger partial charge is 0.326 e. The molecule has 1 N–H and O–H groups in total. The molecule has 96 valence electrons. The van der Waals surface area contributed by atoms with Gasteiger partial charge < -0.3 is 5.32 Å². The van der Waals surface area contributed by atoms with Gasteiger partial charge in [-0.2, -0.15) is 0 Å². The molecule has 0 atom stereocenters. The lowest BCUT2D eigenvalue weighted by molar-refractivity contribution is -0.118. The Balaban J connectivity index is 1.93. The smallest absolute Gasteiger partial charge is 0.228 e. The quantitative estimate of drug-likeness (QED) is 0.850. The molecule has 1 aromatic carbocycles. The number of rotatable bonds is 5. The van der Waals surface area contributed by atoms with E-state index < -0.39 is 0 Å². The highest BCUT2D eigenvalue weighted by Gasteiger charge is 2.17. The van der Waals surface area contributed by atoms with E-state index in [1.165, 1.54) is 5.56 Å². The van der Waals surface area contributed by atoms with Gasteiger partial charge in [-0.3, -0.25) is 14.5 Å². The average Bonchev–Trinajstić information content (AvgIpc) is 2.64. The Hall–Kier alpha value is -1.68. The zero-order valence-corrected chi connectivity index (χ0v) is 10.8. The number of hydrogen-bond acceptors (Lipinski definition) is 3. The fourth-order valence-electron chi connectivity index (χ4n) is 2.22. The molecule has 2 rings (SSSR count). The minimum absolute atomic E-state index is 0.0656. The zero-order chi connectivity index (χ0) is 13.1. The molecule has 1 aliphatic heterocycles. The second-order valence-corrected chi connectivity index (χ2v) is 4.91. The summed E-state index contributed by atoms with van der Waals surface area (Å²) in [7, 11) is 1.94. The number of nitrogens with one attached hydrogen (secondary N) is 1. The highest BCUT2D eigenvalue weighted by Crippen LogP contribution is 2.23. The summed E-state index contributed by atoms with van der Waals surface area (Å²) in [6, 6.07) is 6.07. The molecule has 1 amide bonds. The van der Waals surface area contributed by atoms with Gasteiger partial charge in [0.05, 0.1) is 13.0 Å². The molecular formula is C14H18N2O2. The third kappa shape index (κ3) is 3.17. The van der Waals surface area contributed by atoms with E-state index in [9.17, 15) is 9.59 Å². The first-order chi connectivity index (χ1) is 8.54. The number of nitrogens with zero attached hydrogens (tertiary/aromatic N) is 1. The number of amides is 1. The zero-order valence-electron chi connectivity index (χ0n) is 10.8. The van der Waals surface area contributed by atoms with Gasteiger partial charge in [0.2, 0.25) is 5.91 Å². The molecule has 0 aromatic heterocycles. The number of carbonyl (C=O) groups is 2. The lowest BCUT2D eigenvalue weighted by Gasteiger charge is -2.14. The Morgan fingerprint density at radius 1 is 1.44 bits per heavy atom. The molecule has 18 heavy (non-hydrogen) atoms. The maximum atomic E-state index is 11.2. The van der Waals surface area contributed by atoms with Gasteiger partial charge in [-0.15, -0.1) is 0 Å². The van der Waals surface area contributed by atoms with Crippen molar-refractivity contribution in [3.05, 3.63) is 29.3 Å². The highest BCUT2D eigenvalue weighted by atomic mass is 16.1. The summed E-state index contributed by atoms with van der Waals surface area (Å²) in [5, 5.41) is 2.82. The Kier molecular flexibility index (Phi) is 3.77. The first-order valence-corrected chi connectivity index (χ1v) is 6.14. The molecule has 0 spiro atoms. The molecule has 0 radical (unpaired) electrons. The third-order valence-corrected chi connectivity index (χ3v) is 3.07. The summed E-state index contributed by atoms with van der Waals surface area (Å²) in [6.07, 6.45) is 1.37. The van der Waals surface area contributed by atoms with Crippen molar-refractivity contribution in [2.45, 2.75) is 19.8 Å². The standard InChI is InChI=1S/C14H18N2O2/c1-10(17)9-16(2)6-5-11-3-4-13-12(7-11)8-14(18)15-13/h3-4,7H,5-6,8-9H2,1-2H3,(H,15,18). The fourth-order valence-corrected chi connectivity index (χ4v) is 2.22. The average molecular weight is 246 g/mol. The minimum Gasteiger partial charge on any atom is -0.326 e. The van der Waals surface area contributed by atoms with E-state index in [0.29, 0.717) is 13.0 Å². The lowest BCUT2D eigenvalue weighted by Crippen LogP contribution is -2.26. The number of ketones is 1. The van der Waals surface area contributed by atoms with Crippen LogP contribution in [0.4, 0.5) is 5.69 Å². The van der Waals surface area contributed by atoms with Crippen LogP contribution >= 0.6 is 0 Å². The Morgan fingerprint density at radius 3 is 2.94 bits per heavy atom. The molecule has 0 bridgehead atoms. The van der Waals surface area contributed by atoms with Crippen molar-refractivity contribution in [1.29, 1.82) is 0 Å². The van der Waals surface area contributed by atoms with E-state index in [2.05, 4.69) is 11.4 Å². The van der Waals surface area contributed by atoms with E-state index in [4.69, 9.17) is 0 Å². The summed E-state index contributed by atoms with van der Waals surface area (Å²) in [5.74, 6) is 0.247. The van der Waals surface area contributed by atoms with Crippen LogP contribution in [0.15, 0.2) is 18.2 Å². The molecule has 0 aliphatic carbocycles.